The van der Waals surface area contributed by atoms with Crippen LogP contribution in [0.1, 0.15) is 19.5 Å². The Morgan fingerprint density at radius 3 is 2.50 bits per heavy atom. The minimum Gasteiger partial charge on any atom is -0.339 e. The molecule has 6 heteroatoms. The quantitative estimate of drug-likeness (QED) is 0.923. The first kappa shape index (κ1) is 17.1. The van der Waals surface area contributed by atoms with Crippen LogP contribution in [0.4, 0.5) is 0 Å². The molecular formula is C18H24N4OS. The maximum absolute atomic E-state index is 12.2. The van der Waals surface area contributed by atoms with Crippen molar-refractivity contribution in [3.63, 3.8) is 0 Å². The summed E-state index contributed by atoms with van der Waals surface area (Å²) >= 11 is 1.68. The van der Waals surface area contributed by atoms with Gasteiger partial charge in [0.05, 0.1) is 11.2 Å². The van der Waals surface area contributed by atoms with Crippen molar-refractivity contribution in [1.82, 2.24) is 14.8 Å². The number of nitrogens with two attached hydrogens (primary N) is 1. The fraction of sp³-hybridized carbons (Fsp3) is 0.444. The van der Waals surface area contributed by atoms with Crippen LogP contribution < -0.4 is 5.73 Å². The smallest absolute Gasteiger partial charge is 0.242 e. The summed E-state index contributed by atoms with van der Waals surface area (Å²) in [6, 6.07) is 10.3. The predicted molar refractivity (Wildman–Crippen MR) is 97.7 cm³/mol. The van der Waals surface area contributed by atoms with Crippen LogP contribution in [0.15, 0.2) is 35.7 Å². The summed E-state index contributed by atoms with van der Waals surface area (Å²) in [6.07, 6.45) is 0. The normalized spacial score (nSPS) is 16.4. The Morgan fingerprint density at radius 2 is 1.88 bits per heavy atom. The van der Waals surface area contributed by atoms with E-state index >= 15 is 0 Å². The second kappa shape index (κ2) is 7.01. The summed E-state index contributed by atoms with van der Waals surface area (Å²) in [5.41, 5.74) is 7.38. The predicted octanol–water partition coefficient (Wildman–Crippen LogP) is 2.19. The number of nitrogens with zero attached hydrogens (tertiary/aromatic N) is 3. The lowest BCUT2D eigenvalue weighted by atomic mass is 10.0. The molecular weight excluding hydrogens is 320 g/mol. The molecule has 0 unspecified atom stereocenters. The Hall–Kier alpha value is -1.76. The largest absolute Gasteiger partial charge is 0.339 e. The van der Waals surface area contributed by atoms with Crippen molar-refractivity contribution in [3.8, 4) is 10.6 Å². The van der Waals surface area contributed by atoms with E-state index in [-0.39, 0.29) is 5.91 Å². The summed E-state index contributed by atoms with van der Waals surface area (Å²) in [4.78, 5) is 21.2. The van der Waals surface area contributed by atoms with Gasteiger partial charge in [-0.2, -0.15) is 0 Å². The number of piperazine rings is 1. The molecule has 1 aromatic carbocycles. The molecule has 1 aromatic heterocycles. The number of carbonyl (C=O) groups is 1. The highest BCUT2D eigenvalue weighted by molar-refractivity contribution is 7.13. The number of hydrogen-bond donors (Lipinski definition) is 1. The Bertz CT molecular complexity index is 685. The molecule has 5 nitrogen and oxygen atoms in total. The summed E-state index contributed by atoms with van der Waals surface area (Å²) in [6.45, 7) is 7.55. The van der Waals surface area contributed by atoms with Crippen molar-refractivity contribution in [3.05, 3.63) is 41.4 Å². The Labute approximate surface area is 147 Å². The molecule has 0 spiro atoms. The van der Waals surface area contributed by atoms with Gasteiger partial charge in [-0.15, -0.1) is 11.3 Å². The van der Waals surface area contributed by atoms with E-state index in [1.807, 2.05) is 23.1 Å². The highest BCUT2D eigenvalue weighted by Gasteiger charge is 2.30. The minimum absolute atomic E-state index is 0.0298. The van der Waals surface area contributed by atoms with Gasteiger partial charge in [0.15, 0.2) is 0 Å². The van der Waals surface area contributed by atoms with Crippen molar-refractivity contribution < 1.29 is 4.79 Å². The van der Waals surface area contributed by atoms with Gasteiger partial charge >= 0.3 is 0 Å². The van der Waals surface area contributed by atoms with Crippen LogP contribution in [0.2, 0.25) is 0 Å². The fourth-order valence-corrected chi connectivity index (χ4v) is 3.66. The Morgan fingerprint density at radius 1 is 1.21 bits per heavy atom. The van der Waals surface area contributed by atoms with Gasteiger partial charge in [-0.1, -0.05) is 30.3 Å². The van der Waals surface area contributed by atoms with Crippen LogP contribution in [-0.4, -0.2) is 52.4 Å². The molecule has 0 atom stereocenters. The van der Waals surface area contributed by atoms with Gasteiger partial charge in [-0.3, -0.25) is 9.69 Å². The molecule has 1 amide bonds. The second-order valence-electron chi connectivity index (χ2n) is 6.80. The maximum Gasteiger partial charge on any atom is 0.242 e. The van der Waals surface area contributed by atoms with Gasteiger partial charge in [-0.25, -0.2) is 4.98 Å². The van der Waals surface area contributed by atoms with Crippen LogP contribution in [-0.2, 0) is 11.3 Å². The zero-order chi connectivity index (χ0) is 17.2. The van der Waals surface area contributed by atoms with Crippen LogP contribution in [0.3, 0.4) is 0 Å². The standard InChI is InChI=1S/C18H24N4OS/c1-18(2,19)17(23)22-10-8-21(9-11-22)12-15-13-24-16(20-15)14-6-4-3-5-7-14/h3-7,13H,8-12,19H2,1-2H3. The topological polar surface area (TPSA) is 62.5 Å². The molecule has 1 aliphatic rings. The van der Waals surface area contributed by atoms with Crippen LogP contribution in [0.5, 0.6) is 0 Å². The van der Waals surface area contributed by atoms with Gasteiger partial charge in [0.2, 0.25) is 5.91 Å². The number of carbonyl (C=O) groups excluding carboxylic acids is 1. The van der Waals surface area contributed by atoms with E-state index in [1.165, 1.54) is 0 Å². The summed E-state index contributed by atoms with van der Waals surface area (Å²) in [7, 11) is 0. The van der Waals surface area contributed by atoms with Crippen molar-refractivity contribution in [2.24, 2.45) is 5.73 Å². The zero-order valence-electron chi connectivity index (χ0n) is 14.2. The first-order valence-corrected chi connectivity index (χ1v) is 9.12. The van der Waals surface area contributed by atoms with Crippen LogP contribution in [0.25, 0.3) is 10.6 Å². The zero-order valence-corrected chi connectivity index (χ0v) is 15.1. The lowest BCUT2D eigenvalue weighted by Gasteiger charge is -2.37. The number of thiazole rings is 1. The molecule has 2 heterocycles. The third kappa shape index (κ3) is 4.01. The highest BCUT2D eigenvalue weighted by Crippen LogP contribution is 2.24. The third-order valence-electron chi connectivity index (χ3n) is 4.17. The van der Waals surface area contributed by atoms with Crippen molar-refractivity contribution >= 4 is 17.2 Å². The Balaban J connectivity index is 1.56. The molecule has 1 aliphatic heterocycles. The first-order valence-electron chi connectivity index (χ1n) is 8.24. The molecule has 1 fully saturated rings. The van der Waals surface area contributed by atoms with E-state index < -0.39 is 5.54 Å². The van der Waals surface area contributed by atoms with Crippen LogP contribution >= 0.6 is 11.3 Å². The van der Waals surface area contributed by atoms with Crippen molar-refractivity contribution in [2.45, 2.75) is 25.9 Å². The summed E-state index contributed by atoms with van der Waals surface area (Å²) in [5.74, 6) is 0.0298. The highest BCUT2D eigenvalue weighted by atomic mass is 32.1. The van der Waals surface area contributed by atoms with Gasteiger partial charge in [0.1, 0.15) is 5.01 Å². The number of amides is 1. The molecule has 0 radical (unpaired) electrons. The van der Waals surface area contributed by atoms with Crippen LogP contribution in [0, 0.1) is 0 Å². The van der Waals surface area contributed by atoms with Gasteiger partial charge < -0.3 is 10.6 Å². The SMILES string of the molecule is CC(C)(N)C(=O)N1CCN(Cc2csc(-c3ccccc3)n2)CC1. The third-order valence-corrected chi connectivity index (χ3v) is 5.11. The number of aromatic nitrogens is 1. The number of benzene rings is 1. The van der Waals surface area contributed by atoms with Crippen molar-refractivity contribution in [1.29, 1.82) is 0 Å². The first-order chi connectivity index (χ1) is 11.4. The molecule has 0 aliphatic carbocycles. The average molecular weight is 344 g/mol. The van der Waals surface area contributed by atoms with E-state index in [2.05, 4.69) is 22.4 Å². The van der Waals surface area contributed by atoms with E-state index in [4.69, 9.17) is 10.7 Å². The lowest BCUT2D eigenvalue weighted by Crippen LogP contribution is -2.56. The monoisotopic (exact) mass is 344 g/mol. The number of rotatable bonds is 4. The summed E-state index contributed by atoms with van der Waals surface area (Å²) in [5, 5.41) is 3.19. The van der Waals surface area contributed by atoms with Gasteiger partial charge in [0, 0.05) is 43.7 Å². The molecule has 24 heavy (non-hydrogen) atoms. The fourth-order valence-electron chi connectivity index (χ4n) is 2.84. The van der Waals surface area contributed by atoms with E-state index in [1.54, 1.807) is 25.2 Å². The second-order valence-corrected chi connectivity index (χ2v) is 7.66. The molecule has 0 saturated carbocycles. The lowest BCUT2D eigenvalue weighted by molar-refractivity contribution is -0.137. The van der Waals surface area contributed by atoms with E-state index in [0.717, 1.165) is 49.0 Å². The average Bonchev–Trinajstić information content (AvgIpc) is 3.03. The minimum atomic E-state index is -0.790. The molecule has 2 N–H and O–H groups in total. The molecule has 3 rings (SSSR count). The van der Waals surface area contributed by atoms with Gasteiger partial charge in [0.25, 0.3) is 0 Å². The molecule has 128 valence electrons. The van der Waals surface area contributed by atoms with E-state index in [9.17, 15) is 4.79 Å². The summed E-state index contributed by atoms with van der Waals surface area (Å²) < 4.78 is 0. The number of hydrogen-bond acceptors (Lipinski definition) is 5. The molecule has 1 saturated heterocycles. The van der Waals surface area contributed by atoms with Crippen molar-refractivity contribution in [2.75, 3.05) is 26.2 Å². The maximum atomic E-state index is 12.2. The van der Waals surface area contributed by atoms with Gasteiger partial charge in [-0.05, 0) is 13.8 Å². The Kier molecular flexibility index (Phi) is 4.99. The molecule has 2 aromatic rings. The molecule has 0 bridgehead atoms. The van der Waals surface area contributed by atoms with E-state index in [0.29, 0.717) is 0 Å².